The number of hydrogen-bond donors (Lipinski definition) is 1. The van der Waals surface area contributed by atoms with Crippen molar-refractivity contribution in [3.05, 3.63) is 48.3 Å². The van der Waals surface area contributed by atoms with Gasteiger partial charge in [-0.1, -0.05) is 18.2 Å². The van der Waals surface area contributed by atoms with E-state index in [1.54, 1.807) is 0 Å². The highest BCUT2D eigenvalue weighted by atomic mass is 15.3. The van der Waals surface area contributed by atoms with Crippen LogP contribution < -0.4 is 5.32 Å². The standard InChI is InChI=1S/C16H24N4/c1-14(17-10-7-11-19(2)3)15-12-18-20(13-15)16-8-5-4-6-9-16/h4-6,8-9,12-14,17H,7,10-11H2,1-3H3. The summed E-state index contributed by atoms with van der Waals surface area (Å²) >= 11 is 0. The van der Waals surface area contributed by atoms with Gasteiger partial charge in [-0.25, -0.2) is 4.68 Å². The summed E-state index contributed by atoms with van der Waals surface area (Å²) in [5.41, 5.74) is 2.32. The lowest BCUT2D eigenvalue weighted by Gasteiger charge is -2.13. The highest BCUT2D eigenvalue weighted by Gasteiger charge is 2.08. The molecule has 1 N–H and O–H groups in total. The van der Waals surface area contributed by atoms with E-state index >= 15 is 0 Å². The molecule has 1 aromatic carbocycles. The predicted octanol–water partition coefficient (Wildman–Crippen LogP) is 2.47. The zero-order valence-corrected chi connectivity index (χ0v) is 12.6. The van der Waals surface area contributed by atoms with Gasteiger partial charge in [0.05, 0.1) is 11.9 Å². The molecule has 108 valence electrons. The molecule has 0 saturated carbocycles. The molecule has 0 aliphatic heterocycles. The van der Waals surface area contributed by atoms with E-state index in [1.807, 2.05) is 29.1 Å². The summed E-state index contributed by atoms with van der Waals surface area (Å²) in [7, 11) is 4.21. The van der Waals surface area contributed by atoms with Crippen molar-refractivity contribution >= 4 is 0 Å². The van der Waals surface area contributed by atoms with E-state index in [9.17, 15) is 0 Å². The van der Waals surface area contributed by atoms with Crippen molar-refractivity contribution in [1.29, 1.82) is 0 Å². The number of rotatable bonds is 7. The Bertz CT molecular complexity index is 504. The highest BCUT2D eigenvalue weighted by molar-refractivity contribution is 5.31. The summed E-state index contributed by atoms with van der Waals surface area (Å²) in [5, 5.41) is 7.97. The first-order valence-electron chi connectivity index (χ1n) is 7.15. The van der Waals surface area contributed by atoms with Crippen LogP contribution in [0.1, 0.15) is 24.9 Å². The number of aromatic nitrogens is 2. The number of para-hydroxylation sites is 1. The normalized spacial score (nSPS) is 12.8. The van der Waals surface area contributed by atoms with E-state index in [4.69, 9.17) is 0 Å². The van der Waals surface area contributed by atoms with E-state index < -0.39 is 0 Å². The summed E-state index contributed by atoms with van der Waals surface area (Å²) in [4.78, 5) is 2.21. The molecule has 4 nitrogen and oxygen atoms in total. The zero-order valence-electron chi connectivity index (χ0n) is 12.6. The Morgan fingerprint density at radius 1 is 1.25 bits per heavy atom. The summed E-state index contributed by atoms with van der Waals surface area (Å²) in [5.74, 6) is 0. The third kappa shape index (κ3) is 4.18. The summed E-state index contributed by atoms with van der Waals surface area (Å²) < 4.78 is 1.92. The SMILES string of the molecule is CC(NCCCN(C)C)c1cnn(-c2ccccc2)c1. The molecule has 2 aromatic rings. The molecular formula is C16H24N4. The van der Waals surface area contributed by atoms with Crippen LogP contribution in [0, 0.1) is 0 Å². The van der Waals surface area contributed by atoms with Crippen molar-refractivity contribution < 1.29 is 0 Å². The average Bonchev–Trinajstić information content (AvgIpc) is 2.94. The Hall–Kier alpha value is -1.65. The zero-order chi connectivity index (χ0) is 14.4. The van der Waals surface area contributed by atoms with Crippen molar-refractivity contribution in [3.8, 4) is 5.69 Å². The molecule has 1 aromatic heterocycles. The maximum absolute atomic E-state index is 4.43. The Morgan fingerprint density at radius 2 is 2.00 bits per heavy atom. The van der Waals surface area contributed by atoms with Crippen LogP contribution in [0.5, 0.6) is 0 Å². The minimum absolute atomic E-state index is 0.328. The molecule has 0 aliphatic rings. The van der Waals surface area contributed by atoms with Crippen LogP contribution in [0.4, 0.5) is 0 Å². The lowest BCUT2D eigenvalue weighted by molar-refractivity contribution is 0.389. The van der Waals surface area contributed by atoms with Gasteiger partial charge in [0.25, 0.3) is 0 Å². The van der Waals surface area contributed by atoms with E-state index in [0.29, 0.717) is 6.04 Å². The first kappa shape index (κ1) is 14.8. The van der Waals surface area contributed by atoms with E-state index in [1.165, 1.54) is 5.56 Å². The highest BCUT2D eigenvalue weighted by Crippen LogP contribution is 2.14. The van der Waals surface area contributed by atoms with Gasteiger partial charge >= 0.3 is 0 Å². The van der Waals surface area contributed by atoms with Crippen LogP contribution in [-0.2, 0) is 0 Å². The number of benzene rings is 1. The van der Waals surface area contributed by atoms with Crippen LogP contribution in [0.25, 0.3) is 5.69 Å². The van der Waals surface area contributed by atoms with Crippen molar-refractivity contribution in [1.82, 2.24) is 20.0 Å². The van der Waals surface area contributed by atoms with E-state index in [2.05, 4.69) is 54.7 Å². The first-order valence-corrected chi connectivity index (χ1v) is 7.15. The van der Waals surface area contributed by atoms with Crippen LogP contribution >= 0.6 is 0 Å². The summed E-state index contributed by atoms with van der Waals surface area (Å²) in [6, 6.07) is 10.5. The van der Waals surface area contributed by atoms with Crippen molar-refractivity contribution in [2.24, 2.45) is 0 Å². The second-order valence-electron chi connectivity index (χ2n) is 5.39. The number of nitrogens with zero attached hydrogens (tertiary/aromatic N) is 3. The molecule has 1 heterocycles. The van der Waals surface area contributed by atoms with Crippen molar-refractivity contribution in [2.45, 2.75) is 19.4 Å². The Labute approximate surface area is 121 Å². The number of hydrogen-bond acceptors (Lipinski definition) is 3. The van der Waals surface area contributed by atoms with Crippen LogP contribution in [-0.4, -0.2) is 41.9 Å². The van der Waals surface area contributed by atoms with Crippen molar-refractivity contribution in [2.75, 3.05) is 27.2 Å². The van der Waals surface area contributed by atoms with Gasteiger partial charge in [0.2, 0.25) is 0 Å². The molecule has 0 aliphatic carbocycles. The molecule has 1 atom stereocenters. The Balaban J connectivity index is 1.88. The van der Waals surface area contributed by atoms with Crippen molar-refractivity contribution in [3.63, 3.8) is 0 Å². The lowest BCUT2D eigenvalue weighted by atomic mass is 10.2. The van der Waals surface area contributed by atoms with Gasteiger partial charge in [0, 0.05) is 17.8 Å². The van der Waals surface area contributed by atoms with Gasteiger partial charge in [-0.05, 0) is 52.7 Å². The molecule has 0 radical (unpaired) electrons. The fraction of sp³-hybridized carbons (Fsp3) is 0.438. The molecule has 20 heavy (non-hydrogen) atoms. The van der Waals surface area contributed by atoms with Gasteiger partial charge in [-0.15, -0.1) is 0 Å². The lowest BCUT2D eigenvalue weighted by Crippen LogP contribution is -2.23. The molecule has 2 rings (SSSR count). The van der Waals surface area contributed by atoms with E-state index in [0.717, 1.165) is 25.2 Å². The maximum atomic E-state index is 4.43. The van der Waals surface area contributed by atoms with Gasteiger partial charge in [-0.2, -0.15) is 5.10 Å². The monoisotopic (exact) mass is 272 g/mol. The minimum Gasteiger partial charge on any atom is -0.310 e. The summed E-state index contributed by atoms with van der Waals surface area (Å²) in [6.07, 6.45) is 5.19. The molecule has 0 saturated heterocycles. The fourth-order valence-electron chi connectivity index (χ4n) is 2.11. The predicted molar refractivity (Wildman–Crippen MR) is 83.2 cm³/mol. The quantitative estimate of drug-likeness (QED) is 0.786. The van der Waals surface area contributed by atoms with Gasteiger partial charge in [0.15, 0.2) is 0 Å². The smallest absolute Gasteiger partial charge is 0.0645 e. The van der Waals surface area contributed by atoms with Gasteiger partial charge in [-0.3, -0.25) is 0 Å². The summed E-state index contributed by atoms with van der Waals surface area (Å²) in [6.45, 7) is 4.32. The van der Waals surface area contributed by atoms with Crippen LogP contribution in [0.2, 0.25) is 0 Å². The molecule has 0 fully saturated rings. The second-order valence-corrected chi connectivity index (χ2v) is 5.39. The minimum atomic E-state index is 0.328. The molecule has 0 bridgehead atoms. The number of nitrogens with one attached hydrogen (secondary N) is 1. The van der Waals surface area contributed by atoms with Gasteiger partial charge in [0.1, 0.15) is 0 Å². The van der Waals surface area contributed by atoms with E-state index in [-0.39, 0.29) is 0 Å². The molecule has 0 spiro atoms. The molecule has 4 heteroatoms. The van der Waals surface area contributed by atoms with Crippen LogP contribution in [0.15, 0.2) is 42.7 Å². The topological polar surface area (TPSA) is 33.1 Å². The average molecular weight is 272 g/mol. The van der Waals surface area contributed by atoms with Gasteiger partial charge < -0.3 is 10.2 Å². The molecular weight excluding hydrogens is 248 g/mol. The third-order valence-corrected chi connectivity index (χ3v) is 3.36. The maximum Gasteiger partial charge on any atom is 0.0645 e. The first-order chi connectivity index (χ1) is 9.66. The largest absolute Gasteiger partial charge is 0.310 e. The Morgan fingerprint density at radius 3 is 2.70 bits per heavy atom. The molecule has 1 unspecified atom stereocenters. The Kier molecular flexibility index (Phi) is 5.32. The second kappa shape index (κ2) is 7.22. The molecule has 0 amide bonds. The van der Waals surface area contributed by atoms with Crippen LogP contribution in [0.3, 0.4) is 0 Å². The third-order valence-electron chi connectivity index (χ3n) is 3.36. The fourth-order valence-corrected chi connectivity index (χ4v) is 2.11.